The van der Waals surface area contributed by atoms with Crippen molar-refractivity contribution in [2.45, 2.75) is 20.8 Å². The van der Waals surface area contributed by atoms with Crippen molar-refractivity contribution in [1.82, 2.24) is 0 Å². The lowest BCUT2D eigenvalue weighted by Crippen LogP contribution is -1.91. The third kappa shape index (κ3) is 2.37. The molecule has 0 fully saturated rings. The fourth-order valence-electron chi connectivity index (χ4n) is 1.54. The molecule has 3 nitrogen and oxygen atoms in total. The molecule has 0 amide bonds. The normalized spacial score (nSPS) is 9.44. The van der Waals surface area contributed by atoms with Crippen LogP contribution in [0.5, 0.6) is 0 Å². The van der Waals surface area contributed by atoms with E-state index in [1.165, 1.54) is 0 Å². The maximum Gasteiger partial charge on any atom is 0.272 e. The van der Waals surface area contributed by atoms with E-state index in [0.717, 1.165) is 10.8 Å². The molecular weight excluding hydrogens is 202 g/mol. The third-order valence-corrected chi connectivity index (χ3v) is 2.26. The molecule has 0 aliphatic heterocycles. The van der Waals surface area contributed by atoms with Gasteiger partial charge in [-0.15, -0.1) is 0 Å². The molecule has 0 aliphatic carbocycles. The molecule has 2 aromatic carbocycles. The summed E-state index contributed by atoms with van der Waals surface area (Å²) in [4.78, 5) is 10.3. The first-order valence-corrected chi connectivity index (χ1v) is 5.32. The molecule has 84 valence electrons. The van der Waals surface area contributed by atoms with Gasteiger partial charge in [0.25, 0.3) is 5.69 Å². The monoisotopic (exact) mass is 217 g/mol. The zero-order valence-electron chi connectivity index (χ0n) is 9.73. The van der Waals surface area contributed by atoms with Crippen molar-refractivity contribution < 1.29 is 4.92 Å². The molecule has 0 aromatic heterocycles. The Morgan fingerprint density at radius 2 is 1.56 bits per heavy atom. The number of fused-ring (bicyclic) bond motifs is 1. The Kier molecular flexibility index (Phi) is 4.00. The van der Waals surface area contributed by atoms with Crippen LogP contribution in [0.15, 0.2) is 36.4 Å². The number of nitrogens with zero attached hydrogens (tertiary/aromatic N) is 1. The molecule has 0 spiro atoms. The van der Waals surface area contributed by atoms with Crippen LogP contribution >= 0.6 is 0 Å². The zero-order valence-corrected chi connectivity index (χ0v) is 9.73. The van der Waals surface area contributed by atoms with Crippen LogP contribution in [0, 0.1) is 17.0 Å². The highest BCUT2D eigenvalue weighted by Crippen LogP contribution is 2.24. The van der Waals surface area contributed by atoms with E-state index in [4.69, 9.17) is 0 Å². The number of nitro groups is 1. The Hall–Kier alpha value is -1.90. The molecule has 16 heavy (non-hydrogen) atoms. The average Bonchev–Trinajstić information content (AvgIpc) is 2.30. The second-order valence-corrected chi connectivity index (χ2v) is 3.24. The molecule has 0 aliphatic rings. The Labute approximate surface area is 94.9 Å². The van der Waals surface area contributed by atoms with Gasteiger partial charge in [0.15, 0.2) is 0 Å². The predicted octanol–water partition coefficient (Wildman–Crippen LogP) is 4.08. The molecule has 2 aromatic rings. The van der Waals surface area contributed by atoms with E-state index in [1.54, 1.807) is 13.0 Å². The molecule has 0 saturated heterocycles. The summed E-state index contributed by atoms with van der Waals surface area (Å²) < 4.78 is 0. The Balaban J connectivity index is 0.000000606. The van der Waals surface area contributed by atoms with Gasteiger partial charge in [-0.3, -0.25) is 10.1 Å². The summed E-state index contributed by atoms with van der Waals surface area (Å²) >= 11 is 0. The Morgan fingerprint density at radius 1 is 1.06 bits per heavy atom. The number of hydrogen-bond donors (Lipinski definition) is 0. The molecule has 0 heterocycles. The number of hydrogen-bond acceptors (Lipinski definition) is 2. The number of benzene rings is 2. The SMILES string of the molecule is CC.Cc1cc2ccccc2cc1[N+](=O)[O-]. The molecule has 0 saturated carbocycles. The van der Waals surface area contributed by atoms with Crippen LogP contribution in [0.4, 0.5) is 5.69 Å². The topological polar surface area (TPSA) is 43.1 Å². The molecule has 0 bridgehead atoms. The van der Waals surface area contributed by atoms with Gasteiger partial charge in [0, 0.05) is 11.6 Å². The smallest absolute Gasteiger partial charge is 0.258 e. The highest BCUT2D eigenvalue weighted by Gasteiger charge is 2.10. The van der Waals surface area contributed by atoms with Crippen molar-refractivity contribution in [3.63, 3.8) is 0 Å². The van der Waals surface area contributed by atoms with Gasteiger partial charge in [0.2, 0.25) is 0 Å². The lowest BCUT2D eigenvalue weighted by atomic mass is 10.1. The fraction of sp³-hybridized carbons (Fsp3) is 0.231. The van der Waals surface area contributed by atoms with Gasteiger partial charge >= 0.3 is 0 Å². The summed E-state index contributed by atoms with van der Waals surface area (Å²) in [7, 11) is 0. The van der Waals surface area contributed by atoms with Crippen LogP contribution in [0.25, 0.3) is 10.8 Å². The van der Waals surface area contributed by atoms with Crippen molar-refractivity contribution in [3.8, 4) is 0 Å². The van der Waals surface area contributed by atoms with E-state index in [0.29, 0.717) is 5.56 Å². The van der Waals surface area contributed by atoms with Crippen LogP contribution in [0.2, 0.25) is 0 Å². The van der Waals surface area contributed by atoms with Gasteiger partial charge < -0.3 is 0 Å². The van der Waals surface area contributed by atoms with Gasteiger partial charge in [-0.05, 0) is 23.8 Å². The molecule has 0 radical (unpaired) electrons. The van der Waals surface area contributed by atoms with Gasteiger partial charge in [0.1, 0.15) is 0 Å². The van der Waals surface area contributed by atoms with Crippen LogP contribution in [0.1, 0.15) is 19.4 Å². The maximum atomic E-state index is 10.7. The van der Waals surface area contributed by atoms with Gasteiger partial charge in [0.05, 0.1) is 4.92 Å². The fourth-order valence-corrected chi connectivity index (χ4v) is 1.54. The molecule has 0 atom stereocenters. The average molecular weight is 217 g/mol. The van der Waals surface area contributed by atoms with Crippen molar-refractivity contribution in [3.05, 3.63) is 52.1 Å². The van der Waals surface area contributed by atoms with Crippen LogP contribution in [0.3, 0.4) is 0 Å². The van der Waals surface area contributed by atoms with Gasteiger partial charge in [-0.1, -0.05) is 38.1 Å². The van der Waals surface area contributed by atoms with Crippen molar-refractivity contribution >= 4 is 16.5 Å². The summed E-state index contributed by atoms with van der Waals surface area (Å²) in [5.41, 5.74) is 0.886. The van der Waals surface area contributed by atoms with E-state index in [-0.39, 0.29) is 10.6 Å². The number of rotatable bonds is 1. The highest BCUT2D eigenvalue weighted by molar-refractivity contribution is 5.85. The zero-order chi connectivity index (χ0) is 12.1. The van der Waals surface area contributed by atoms with Gasteiger partial charge in [-0.2, -0.15) is 0 Å². The van der Waals surface area contributed by atoms with Crippen molar-refractivity contribution in [1.29, 1.82) is 0 Å². The van der Waals surface area contributed by atoms with Crippen molar-refractivity contribution in [2.75, 3.05) is 0 Å². The van der Waals surface area contributed by atoms with Crippen LogP contribution in [-0.2, 0) is 0 Å². The minimum absolute atomic E-state index is 0.184. The summed E-state index contributed by atoms with van der Waals surface area (Å²) in [6.07, 6.45) is 0. The highest BCUT2D eigenvalue weighted by atomic mass is 16.6. The summed E-state index contributed by atoms with van der Waals surface area (Å²) in [5.74, 6) is 0. The minimum atomic E-state index is -0.345. The lowest BCUT2D eigenvalue weighted by Gasteiger charge is -2.00. The minimum Gasteiger partial charge on any atom is -0.258 e. The van der Waals surface area contributed by atoms with E-state index in [1.807, 2.05) is 44.2 Å². The first-order valence-electron chi connectivity index (χ1n) is 5.32. The van der Waals surface area contributed by atoms with Crippen LogP contribution < -0.4 is 0 Å². The summed E-state index contributed by atoms with van der Waals surface area (Å²) in [6, 6.07) is 11.1. The van der Waals surface area contributed by atoms with E-state index >= 15 is 0 Å². The third-order valence-electron chi connectivity index (χ3n) is 2.26. The largest absolute Gasteiger partial charge is 0.272 e. The summed E-state index contributed by atoms with van der Waals surface area (Å²) in [6.45, 7) is 5.75. The van der Waals surface area contributed by atoms with Crippen molar-refractivity contribution in [2.24, 2.45) is 0 Å². The Bertz CT molecular complexity index is 506. The first kappa shape index (κ1) is 12.2. The van der Waals surface area contributed by atoms with Crippen LogP contribution in [-0.4, -0.2) is 4.92 Å². The second kappa shape index (κ2) is 5.26. The van der Waals surface area contributed by atoms with E-state index in [2.05, 4.69) is 0 Å². The summed E-state index contributed by atoms with van der Waals surface area (Å²) in [5, 5.41) is 12.6. The number of aryl methyl sites for hydroxylation is 1. The molecule has 3 heteroatoms. The Morgan fingerprint density at radius 3 is 2.06 bits per heavy atom. The molecular formula is C13H15NO2. The quantitative estimate of drug-likeness (QED) is 0.533. The second-order valence-electron chi connectivity index (χ2n) is 3.24. The standard InChI is InChI=1S/C11H9NO2.C2H6/c1-8-6-9-4-2-3-5-10(9)7-11(8)12(13)14;1-2/h2-7H,1H3;1-2H3. The molecule has 2 rings (SSSR count). The maximum absolute atomic E-state index is 10.7. The van der Waals surface area contributed by atoms with E-state index < -0.39 is 0 Å². The molecule has 0 N–H and O–H groups in total. The predicted molar refractivity (Wildman–Crippen MR) is 66.7 cm³/mol. The lowest BCUT2D eigenvalue weighted by molar-refractivity contribution is -0.385. The number of nitro benzene ring substituents is 1. The van der Waals surface area contributed by atoms with Gasteiger partial charge in [-0.25, -0.2) is 0 Å². The van der Waals surface area contributed by atoms with E-state index in [9.17, 15) is 10.1 Å². The first-order chi connectivity index (χ1) is 7.68. The molecule has 0 unspecified atom stereocenters.